The maximum atomic E-state index is 12.3. The molecule has 0 heterocycles. The van der Waals surface area contributed by atoms with E-state index in [1.54, 1.807) is 0 Å². The predicted molar refractivity (Wildman–Crippen MR) is 106 cm³/mol. The molecule has 0 saturated heterocycles. The maximum Gasteiger partial charge on any atom is 0.279 e. The zero-order chi connectivity index (χ0) is 19.3. The number of likely N-dealkylation sites (N-methyl/N-ethyl adjacent to an activating group) is 1. The van der Waals surface area contributed by atoms with E-state index in [0.29, 0.717) is 0 Å². The highest BCUT2D eigenvalue weighted by Gasteiger charge is 2.16. The van der Waals surface area contributed by atoms with Crippen LogP contribution in [-0.4, -0.2) is 32.0 Å². The highest BCUT2D eigenvalue weighted by atomic mass is 16.2. The van der Waals surface area contributed by atoms with Gasteiger partial charge in [0.2, 0.25) is 0 Å². The standard InChI is InChI=1S/C21H27N3O2/c1-14-8-6-9-15(2)20(14)22-18(25)12-24(5)13-19(26)23-21-16(3)10-7-11-17(21)4/h6-11H,12-13H2,1-5H3,(H,22,25)(H,23,26)/p+1. The normalized spacial score (nSPS) is 10.7. The fourth-order valence-corrected chi connectivity index (χ4v) is 3.00. The molecule has 0 aliphatic heterocycles. The fraction of sp³-hybridized carbons (Fsp3) is 0.333. The predicted octanol–water partition coefficient (Wildman–Crippen LogP) is 2.01. The second-order valence-corrected chi connectivity index (χ2v) is 6.94. The summed E-state index contributed by atoms with van der Waals surface area (Å²) in [6.45, 7) is 8.34. The Labute approximate surface area is 155 Å². The second-order valence-electron chi connectivity index (χ2n) is 6.94. The summed E-state index contributed by atoms with van der Waals surface area (Å²) < 4.78 is 0. The van der Waals surface area contributed by atoms with E-state index in [1.165, 1.54) is 0 Å². The number of carbonyl (C=O) groups excluding carboxylic acids is 2. The second kappa shape index (κ2) is 8.63. The molecule has 2 aromatic rings. The van der Waals surface area contributed by atoms with Crippen molar-refractivity contribution in [1.82, 2.24) is 0 Å². The lowest BCUT2D eigenvalue weighted by Crippen LogP contribution is -3.11. The van der Waals surface area contributed by atoms with Crippen molar-refractivity contribution >= 4 is 23.2 Å². The van der Waals surface area contributed by atoms with Crippen LogP contribution in [-0.2, 0) is 9.59 Å². The summed E-state index contributed by atoms with van der Waals surface area (Å²) >= 11 is 0. The number of anilines is 2. The van der Waals surface area contributed by atoms with Crippen molar-refractivity contribution in [3.8, 4) is 0 Å². The van der Waals surface area contributed by atoms with E-state index in [-0.39, 0.29) is 24.9 Å². The van der Waals surface area contributed by atoms with Gasteiger partial charge in [-0.25, -0.2) is 0 Å². The number of hydrogen-bond acceptors (Lipinski definition) is 2. The van der Waals surface area contributed by atoms with E-state index < -0.39 is 0 Å². The Morgan fingerprint density at radius 3 is 1.35 bits per heavy atom. The van der Waals surface area contributed by atoms with Crippen LogP contribution in [0.4, 0.5) is 11.4 Å². The van der Waals surface area contributed by atoms with Gasteiger partial charge in [-0.15, -0.1) is 0 Å². The van der Waals surface area contributed by atoms with E-state index in [4.69, 9.17) is 0 Å². The molecule has 5 heteroatoms. The Morgan fingerprint density at radius 2 is 1.04 bits per heavy atom. The summed E-state index contributed by atoms with van der Waals surface area (Å²) in [5.41, 5.74) is 5.83. The quantitative estimate of drug-likeness (QED) is 0.743. The molecule has 3 N–H and O–H groups in total. The Hall–Kier alpha value is -2.66. The first-order chi connectivity index (χ1) is 12.3. The van der Waals surface area contributed by atoms with Crippen LogP contribution in [0.5, 0.6) is 0 Å². The van der Waals surface area contributed by atoms with Gasteiger partial charge in [0.1, 0.15) is 0 Å². The molecule has 26 heavy (non-hydrogen) atoms. The molecule has 0 bridgehead atoms. The molecule has 0 aliphatic rings. The van der Waals surface area contributed by atoms with E-state index >= 15 is 0 Å². The molecule has 0 aromatic heterocycles. The van der Waals surface area contributed by atoms with Gasteiger partial charge in [-0.05, 0) is 49.9 Å². The molecule has 0 saturated carbocycles. The number of nitrogens with one attached hydrogen (secondary N) is 3. The van der Waals surface area contributed by atoms with E-state index in [0.717, 1.165) is 38.5 Å². The third-order valence-corrected chi connectivity index (χ3v) is 4.42. The van der Waals surface area contributed by atoms with Crippen LogP contribution in [0, 0.1) is 27.7 Å². The Morgan fingerprint density at radius 1 is 0.731 bits per heavy atom. The topological polar surface area (TPSA) is 62.6 Å². The number of carbonyl (C=O) groups is 2. The molecule has 0 radical (unpaired) electrons. The van der Waals surface area contributed by atoms with Crippen molar-refractivity contribution in [3.63, 3.8) is 0 Å². The number of para-hydroxylation sites is 2. The Bertz CT molecular complexity index is 707. The molecule has 0 aliphatic carbocycles. The molecule has 0 atom stereocenters. The van der Waals surface area contributed by atoms with Crippen LogP contribution in [0.2, 0.25) is 0 Å². The number of hydrogen-bond donors (Lipinski definition) is 3. The van der Waals surface area contributed by atoms with Crippen LogP contribution in [0.3, 0.4) is 0 Å². The van der Waals surface area contributed by atoms with Crippen LogP contribution in [0.15, 0.2) is 36.4 Å². The average Bonchev–Trinajstić information content (AvgIpc) is 2.54. The molecular weight excluding hydrogens is 326 g/mol. The molecule has 2 rings (SSSR count). The number of amides is 2. The van der Waals surface area contributed by atoms with Gasteiger partial charge < -0.3 is 15.5 Å². The molecule has 2 aromatic carbocycles. The van der Waals surface area contributed by atoms with Crippen molar-refractivity contribution in [3.05, 3.63) is 58.7 Å². The minimum absolute atomic E-state index is 0.0974. The zero-order valence-corrected chi connectivity index (χ0v) is 16.2. The summed E-state index contributed by atoms with van der Waals surface area (Å²) in [7, 11) is 1.84. The van der Waals surface area contributed by atoms with Crippen LogP contribution < -0.4 is 15.5 Å². The van der Waals surface area contributed by atoms with E-state index in [9.17, 15) is 9.59 Å². The Balaban J connectivity index is 1.90. The summed E-state index contributed by atoms with van der Waals surface area (Å²) in [6.07, 6.45) is 0. The van der Waals surface area contributed by atoms with E-state index in [1.807, 2.05) is 71.1 Å². The van der Waals surface area contributed by atoms with Gasteiger partial charge in [0.05, 0.1) is 7.05 Å². The van der Waals surface area contributed by atoms with Gasteiger partial charge in [-0.2, -0.15) is 0 Å². The van der Waals surface area contributed by atoms with Gasteiger partial charge >= 0.3 is 0 Å². The summed E-state index contributed by atoms with van der Waals surface area (Å²) in [5, 5.41) is 5.92. The number of benzene rings is 2. The van der Waals surface area contributed by atoms with Gasteiger partial charge in [0.25, 0.3) is 11.8 Å². The third-order valence-electron chi connectivity index (χ3n) is 4.42. The monoisotopic (exact) mass is 354 g/mol. The number of rotatable bonds is 6. The van der Waals surface area contributed by atoms with Gasteiger partial charge in [-0.3, -0.25) is 9.59 Å². The largest absolute Gasteiger partial charge is 0.322 e. The number of aryl methyl sites for hydroxylation is 4. The molecular formula is C21H28N3O2+. The SMILES string of the molecule is Cc1cccc(C)c1NC(=O)C[NH+](C)CC(=O)Nc1c(C)cccc1C. The first kappa shape index (κ1) is 19.7. The maximum absolute atomic E-state index is 12.3. The van der Waals surface area contributed by atoms with Crippen molar-refractivity contribution < 1.29 is 14.5 Å². The highest BCUT2D eigenvalue weighted by Crippen LogP contribution is 2.19. The summed E-state index contributed by atoms with van der Waals surface area (Å²) in [4.78, 5) is 25.5. The zero-order valence-electron chi connectivity index (χ0n) is 16.2. The lowest BCUT2D eigenvalue weighted by Gasteiger charge is -2.16. The van der Waals surface area contributed by atoms with Crippen LogP contribution in [0.25, 0.3) is 0 Å². The lowest BCUT2D eigenvalue weighted by atomic mass is 10.1. The third kappa shape index (κ3) is 5.17. The van der Waals surface area contributed by atoms with Crippen LogP contribution >= 0.6 is 0 Å². The van der Waals surface area contributed by atoms with Gasteiger partial charge in [0, 0.05) is 11.4 Å². The molecule has 0 unspecified atom stereocenters. The van der Waals surface area contributed by atoms with E-state index in [2.05, 4.69) is 10.6 Å². The first-order valence-corrected chi connectivity index (χ1v) is 8.81. The van der Waals surface area contributed by atoms with Crippen molar-refractivity contribution in [1.29, 1.82) is 0 Å². The van der Waals surface area contributed by atoms with Gasteiger partial charge in [-0.1, -0.05) is 36.4 Å². The first-order valence-electron chi connectivity index (χ1n) is 8.81. The number of quaternary nitrogens is 1. The molecule has 138 valence electrons. The fourth-order valence-electron chi connectivity index (χ4n) is 3.00. The van der Waals surface area contributed by atoms with Crippen LogP contribution in [0.1, 0.15) is 22.3 Å². The average molecular weight is 354 g/mol. The molecule has 0 fully saturated rings. The minimum atomic E-state index is -0.0974. The van der Waals surface area contributed by atoms with Crippen molar-refractivity contribution in [2.75, 3.05) is 30.8 Å². The molecule has 0 spiro atoms. The highest BCUT2D eigenvalue weighted by molar-refractivity contribution is 5.94. The molecule has 2 amide bonds. The molecule has 5 nitrogen and oxygen atoms in total. The Kier molecular flexibility index (Phi) is 6.52. The lowest BCUT2D eigenvalue weighted by molar-refractivity contribution is -0.862. The summed E-state index contributed by atoms with van der Waals surface area (Å²) in [6, 6.07) is 11.8. The smallest absolute Gasteiger partial charge is 0.279 e. The minimum Gasteiger partial charge on any atom is -0.322 e. The van der Waals surface area contributed by atoms with Gasteiger partial charge in [0.15, 0.2) is 13.1 Å². The van der Waals surface area contributed by atoms with Crippen molar-refractivity contribution in [2.45, 2.75) is 27.7 Å². The van der Waals surface area contributed by atoms with Crippen molar-refractivity contribution in [2.24, 2.45) is 0 Å². The summed E-state index contributed by atoms with van der Waals surface area (Å²) in [5.74, 6) is -0.195.